The van der Waals surface area contributed by atoms with Crippen molar-refractivity contribution in [2.45, 2.75) is 38.8 Å². The van der Waals surface area contributed by atoms with E-state index in [1.165, 1.54) is 11.1 Å². The van der Waals surface area contributed by atoms with Gasteiger partial charge in [-0.05, 0) is 58.0 Å². The zero-order valence-electron chi connectivity index (χ0n) is 18.7. The molecule has 0 aliphatic heterocycles. The predicted octanol–water partition coefficient (Wildman–Crippen LogP) is 5.51. The highest BCUT2D eigenvalue weighted by atomic mass is 123. The fourth-order valence-electron chi connectivity index (χ4n) is 3.30. The Hall–Kier alpha value is -1.77. The van der Waals surface area contributed by atoms with Gasteiger partial charge in [0.05, 0.1) is 23.0 Å². The normalized spacial score (nSPS) is 13.6. The standard InChI is InChI=1S/C25H30ClIN2O3/c1-18(13-26)15-32-24-9-6-20(12-23(24)27)25(2,3)19-4-7-22(8-5-19)31-16-21(30)14-29-11-10-28-17-29/h4-12,17-18,21,30H,13-16H2,1-3H3/t18-,21+/m1/s1/i27-4. The first kappa shape index (κ1) is 24.9. The third-order valence-electron chi connectivity index (χ3n) is 5.44. The summed E-state index contributed by atoms with van der Waals surface area (Å²) < 4.78 is 14.6. The summed E-state index contributed by atoms with van der Waals surface area (Å²) >= 11 is 8.21. The fraction of sp³-hybridized carbons (Fsp3) is 0.400. The van der Waals surface area contributed by atoms with E-state index in [1.807, 2.05) is 29.0 Å². The molecule has 0 amide bonds. The molecule has 1 N–H and O–H groups in total. The molecule has 7 heteroatoms. The monoisotopic (exact) mass is 564 g/mol. The van der Waals surface area contributed by atoms with Gasteiger partial charge < -0.3 is 19.1 Å². The lowest BCUT2D eigenvalue weighted by atomic mass is 9.78. The maximum absolute atomic E-state index is 10.2. The minimum Gasteiger partial charge on any atom is -0.492 e. The van der Waals surface area contributed by atoms with Crippen LogP contribution in [0, 0.1) is 9.49 Å². The van der Waals surface area contributed by atoms with Gasteiger partial charge >= 0.3 is 0 Å². The third kappa shape index (κ3) is 6.62. The highest BCUT2D eigenvalue weighted by molar-refractivity contribution is 14.1. The van der Waals surface area contributed by atoms with Crippen molar-refractivity contribution in [3.8, 4) is 11.5 Å². The zero-order valence-corrected chi connectivity index (χ0v) is 21.6. The van der Waals surface area contributed by atoms with Gasteiger partial charge in [0.25, 0.3) is 0 Å². The molecule has 0 unspecified atom stereocenters. The second-order valence-electron chi connectivity index (χ2n) is 8.59. The number of halogens is 2. The molecule has 0 saturated heterocycles. The lowest BCUT2D eigenvalue weighted by Crippen LogP contribution is -2.23. The van der Waals surface area contributed by atoms with Crippen molar-refractivity contribution >= 4 is 34.2 Å². The van der Waals surface area contributed by atoms with Crippen LogP contribution < -0.4 is 9.47 Å². The molecule has 2 aromatic carbocycles. The first-order valence-corrected chi connectivity index (χ1v) is 12.3. The second-order valence-corrected chi connectivity index (χ2v) is 10.1. The van der Waals surface area contributed by atoms with Crippen molar-refractivity contribution in [1.29, 1.82) is 0 Å². The molecule has 5 nitrogen and oxygen atoms in total. The van der Waals surface area contributed by atoms with Gasteiger partial charge in [-0.15, -0.1) is 11.6 Å². The lowest BCUT2D eigenvalue weighted by Gasteiger charge is -2.27. The minimum atomic E-state index is -0.601. The molecule has 0 aliphatic rings. The van der Waals surface area contributed by atoms with Crippen LogP contribution in [0.1, 0.15) is 31.9 Å². The Labute approximate surface area is 208 Å². The zero-order chi connectivity index (χ0) is 23.1. The number of aromatic nitrogens is 2. The number of hydrogen-bond donors (Lipinski definition) is 1. The lowest BCUT2D eigenvalue weighted by molar-refractivity contribution is 0.0924. The minimum absolute atomic E-state index is 0.179. The van der Waals surface area contributed by atoms with E-state index in [4.69, 9.17) is 21.1 Å². The number of aliphatic hydroxyl groups excluding tert-OH is 1. The van der Waals surface area contributed by atoms with Gasteiger partial charge in [-0.1, -0.05) is 39.0 Å². The molecule has 0 fully saturated rings. The Morgan fingerprint density at radius 2 is 1.81 bits per heavy atom. The predicted molar refractivity (Wildman–Crippen MR) is 137 cm³/mol. The number of imidazole rings is 1. The van der Waals surface area contributed by atoms with Crippen molar-refractivity contribution in [3.63, 3.8) is 0 Å². The summed E-state index contributed by atoms with van der Waals surface area (Å²) in [4.78, 5) is 3.98. The molecular formula is C25H30ClIN2O3. The Kier molecular flexibility index (Phi) is 8.85. The number of hydrogen-bond acceptors (Lipinski definition) is 4. The summed E-state index contributed by atoms with van der Waals surface area (Å²) in [6.45, 7) is 7.78. The molecule has 3 aromatic rings. The fourth-order valence-corrected chi connectivity index (χ4v) is 4.06. The molecule has 0 spiro atoms. The van der Waals surface area contributed by atoms with Crippen molar-refractivity contribution in [2.75, 3.05) is 19.1 Å². The number of alkyl halides is 1. The molecule has 0 saturated carbocycles. The van der Waals surface area contributed by atoms with E-state index in [9.17, 15) is 5.11 Å². The topological polar surface area (TPSA) is 56.5 Å². The SMILES string of the molecule is C[C@H](CCl)COc1ccc(C(C)(C)c2ccc(OC[C@@H](O)Cn3ccnc3)cc2)cc1[123I]. The summed E-state index contributed by atoms with van der Waals surface area (Å²) in [5, 5.41) is 10.2. The van der Waals surface area contributed by atoms with Gasteiger partial charge in [0.2, 0.25) is 0 Å². The Balaban J connectivity index is 1.62. The van der Waals surface area contributed by atoms with Crippen LogP contribution >= 0.6 is 34.2 Å². The van der Waals surface area contributed by atoms with E-state index in [0.717, 1.165) is 15.1 Å². The molecule has 32 heavy (non-hydrogen) atoms. The highest BCUT2D eigenvalue weighted by Crippen LogP contribution is 2.35. The summed E-state index contributed by atoms with van der Waals surface area (Å²) in [5.74, 6) is 2.53. The average Bonchev–Trinajstić information content (AvgIpc) is 3.29. The van der Waals surface area contributed by atoms with Crippen LogP contribution in [0.25, 0.3) is 0 Å². The van der Waals surface area contributed by atoms with E-state index < -0.39 is 6.10 Å². The summed E-state index contributed by atoms with van der Waals surface area (Å²) in [6.07, 6.45) is 4.59. The van der Waals surface area contributed by atoms with Crippen molar-refractivity contribution in [3.05, 3.63) is 75.9 Å². The number of rotatable bonds is 11. The largest absolute Gasteiger partial charge is 0.492 e. The third-order valence-corrected chi connectivity index (χ3v) is 6.81. The average molecular weight is 565 g/mol. The molecule has 1 aromatic heterocycles. The molecule has 172 valence electrons. The van der Waals surface area contributed by atoms with E-state index in [2.05, 4.69) is 72.6 Å². The molecule has 3 rings (SSSR count). The number of ether oxygens (including phenoxy) is 2. The van der Waals surface area contributed by atoms with Crippen LogP contribution in [0.2, 0.25) is 0 Å². The number of aliphatic hydroxyl groups is 1. The van der Waals surface area contributed by atoms with Gasteiger partial charge in [0.15, 0.2) is 0 Å². The highest BCUT2D eigenvalue weighted by Gasteiger charge is 2.24. The van der Waals surface area contributed by atoms with E-state index in [0.29, 0.717) is 24.9 Å². The molecular weight excluding hydrogens is 535 g/mol. The molecule has 0 aliphatic carbocycles. The van der Waals surface area contributed by atoms with Crippen molar-refractivity contribution < 1.29 is 14.6 Å². The molecule has 0 radical (unpaired) electrons. The maximum Gasteiger partial charge on any atom is 0.132 e. The van der Waals surface area contributed by atoms with Crippen LogP contribution in [0.15, 0.2) is 61.2 Å². The Morgan fingerprint density at radius 1 is 1.09 bits per heavy atom. The second kappa shape index (κ2) is 11.4. The number of benzene rings is 2. The summed E-state index contributed by atoms with van der Waals surface area (Å²) in [7, 11) is 0. The summed E-state index contributed by atoms with van der Waals surface area (Å²) in [6, 6.07) is 14.4. The maximum atomic E-state index is 10.2. The van der Waals surface area contributed by atoms with E-state index in [1.54, 1.807) is 12.5 Å². The van der Waals surface area contributed by atoms with Crippen molar-refractivity contribution in [2.24, 2.45) is 5.92 Å². The van der Waals surface area contributed by atoms with Crippen LogP contribution in [0.3, 0.4) is 0 Å². The van der Waals surface area contributed by atoms with Gasteiger partial charge in [0.1, 0.15) is 24.2 Å². The first-order chi connectivity index (χ1) is 15.3. The molecule has 2 atom stereocenters. The van der Waals surface area contributed by atoms with Crippen LogP contribution in [-0.2, 0) is 12.0 Å². The first-order valence-electron chi connectivity index (χ1n) is 10.7. The van der Waals surface area contributed by atoms with Gasteiger partial charge in [-0.25, -0.2) is 4.98 Å². The van der Waals surface area contributed by atoms with Gasteiger partial charge in [-0.3, -0.25) is 0 Å². The number of nitrogens with zero attached hydrogens (tertiary/aromatic N) is 2. The Bertz CT molecular complexity index is 977. The Morgan fingerprint density at radius 3 is 2.44 bits per heavy atom. The van der Waals surface area contributed by atoms with Crippen molar-refractivity contribution in [1.82, 2.24) is 9.55 Å². The smallest absolute Gasteiger partial charge is 0.132 e. The van der Waals surface area contributed by atoms with E-state index >= 15 is 0 Å². The van der Waals surface area contributed by atoms with Gasteiger partial charge in [0, 0.05) is 29.6 Å². The van der Waals surface area contributed by atoms with Gasteiger partial charge in [-0.2, -0.15) is 0 Å². The quantitative estimate of drug-likeness (QED) is 0.247. The van der Waals surface area contributed by atoms with Crippen LogP contribution in [0.5, 0.6) is 11.5 Å². The molecule has 0 bridgehead atoms. The summed E-state index contributed by atoms with van der Waals surface area (Å²) in [5.41, 5.74) is 2.22. The molecule has 1 heterocycles. The van der Waals surface area contributed by atoms with Crippen LogP contribution in [0.4, 0.5) is 0 Å². The van der Waals surface area contributed by atoms with E-state index in [-0.39, 0.29) is 12.0 Å². The van der Waals surface area contributed by atoms with Crippen LogP contribution in [-0.4, -0.2) is 39.9 Å².